The number of benzene rings is 1. The fraction of sp³-hybridized carbons (Fsp3) is 0.414. The van der Waals surface area contributed by atoms with Crippen molar-refractivity contribution in [2.75, 3.05) is 24.5 Å². The Balaban J connectivity index is 1.48. The number of carbonyl (C=O) groups excluding carboxylic acids is 3. The molecule has 0 saturated carbocycles. The number of nitrogens with zero attached hydrogens (tertiary/aromatic N) is 4. The van der Waals surface area contributed by atoms with Crippen LogP contribution in [0, 0.1) is 28.9 Å². The van der Waals surface area contributed by atoms with Gasteiger partial charge in [-0.15, -0.1) is 6.58 Å². The van der Waals surface area contributed by atoms with Crippen LogP contribution < -0.4 is 9.62 Å². The number of allylic oxidation sites excluding steroid dienone is 1. The van der Waals surface area contributed by atoms with E-state index in [2.05, 4.69) is 17.6 Å². The van der Waals surface area contributed by atoms with Crippen molar-refractivity contribution in [3.8, 4) is 6.07 Å². The van der Waals surface area contributed by atoms with E-state index in [1.54, 1.807) is 15.9 Å². The van der Waals surface area contributed by atoms with E-state index < -0.39 is 39.2 Å². The molecule has 2 aromatic rings. The molecule has 13 heteroatoms. The Morgan fingerprint density at radius 2 is 1.93 bits per heavy atom. The molecule has 1 aromatic carbocycles. The molecule has 2 aliphatic heterocycles. The third kappa shape index (κ3) is 7.36. The number of ketones is 1. The van der Waals surface area contributed by atoms with E-state index >= 15 is 0 Å². The van der Waals surface area contributed by atoms with Crippen molar-refractivity contribution in [3.05, 3.63) is 70.9 Å². The number of Topliss-reactive ketones (excluding diaryl/α,β-unsaturated/α-hetero) is 1. The molecule has 0 unspecified atom stereocenters. The standard InChI is InChI=1S/C29H31F2N5O5S/c1-2-3-5-26(37)23-14-21(16-32)28(33-25(23)17-36-11-4-6-27(36)38)35-12-9-19(10-13-35)29(39)34-42(40,41)18-20-7-8-22(30)15-24(20)31/h2,7-8,14-15,19H,1,3-6,9-13,17-18H2,(H,34,39). The van der Waals surface area contributed by atoms with Crippen LogP contribution in [0.1, 0.15) is 65.7 Å². The third-order valence-electron chi connectivity index (χ3n) is 7.37. The third-order valence-corrected chi connectivity index (χ3v) is 8.57. The summed E-state index contributed by atoms with van der Waals surface area (Å²) in [7, 11) is -4.24. The summed E-state index contributed by atoms with van der Waals surface area (Å²) in [6.07, 6.45) is 3.90. The Kier molecular flexibility index (Phi) is 9.67. The first-order chi connectivity index (χ1) is 20.0. The molecule has 0 bridgehead atoms. The quantitative estimate of drug-likeness (QED) is 0.306. The SMILES string of the molecule is C=CCCC(=O)c1cc(C#N)c(N2CCC(C(=O)NS(=O)(=O)Cc3ccc(F)cc3F)CC2)nc1CN1CCCC1=O. The minimum absolute atomic E-state index is 0.0313. The topological polar surface area (TPSA) is 141 Å². The lowest BCUT2D eigenvalue weighted by Gasteiger charge is -2.33. The van der Waals surface area contributed by atoms with E-state index in [0.717, 1.165) is 12.1 Å². The lowest BCUT2D eigenvalue weighted by Crippen LogP contribution is -2.43. The van der Waals surface area contributed by atoms with Gasteiger partial charge < -0.3 is 9.80 Å². The van der Waals surface area contributed by atoms with E-state index in [4.69, 9.17) is 0 Å². The molecule has 4 rings (SSSR count). The highest BCUT2D eigenvalue weighted by Crippen LogP contribution is 2.29. The number of sulfonamides is 1. The van der Waals surface area contributed by atoms with E-state index in [9.17, 15) is 36.8 Å². The highest BCUT2D eigenvalue weighted by molar-refractivity contribution is 7.89. The smallest absolute Gasteiger partial charge is 0.239 e. The number of anilines is 1. The van der Waals surface area contributed by atoms with Crippen LogP contribution in [0.2, 0.25) is 0 Å². The summed E-state index contributed by atoms with van der Waals surface area (Å²) < 4.78 is 54.1. The number of carbonyl (C=O) groups is 3. The molecular weight excluding hydrogens is 568 g/mol. The average molecular weight is 600 g/mol. The van der Waals surface area contributed by atoms with E-state index in [1.807, 2.05) is 4.72 Å². The normalized spacial score (nSPS) is 15.9. The molecule has 3 heterocycles. The number of pyridine rings is 1. The first kappa shape index (κ1) is 30.8. The number of rotatable bonds is 11. The Bertz CT molecular complexity index is 1550. The molecule has 2 fully saturated rings. The lowest BCUT2D eigenvalue weighted by molar-refractivity contribution is -0.128. The summed E-state index contributed by atoms with van der Waals surface area (Å²) in [5, 5.41) is 9.89. The largest absolute Gasteiger partial charge is 0.355 e. The Hall–Kier alpha value is -4.18. The summed E-state index contributed by atoms with van der Waals surface area (Å²) in [6.45, 7) is 4.88. The van der Waals surface area contributed by atoms with Crippen molar-refractivity contribution in [1.82, 2.24) is 14.6 Å². The first-order valence-electron chi connectivity index (χ1n) is 13.6. The van der Waals surface area contributed by atoms with Crippen LogP contribution in [0.3, 0.4) is 0 Å². The van der Waals surface area contributed by atoms with Crippen LogP contribution in [0.25, 0.3) is 0 Å². The van der Waals surface area contributed by atoms with Gasteiger partial charge in [0.15, 0.2) is 5.78 Å². The van der Waals surface area contributed by atoms with Gasteiger partial charge in [-0.05, 0) is 37.8 Å². The van der Waals surface area contributed by atoms with Crippen LogP contribution in [-0.2, 0) is 31.9 Å². The van der Waals surface area contributed by atoms with Gasteiger partial charge in [-0.3, -0.25) is 19.1 Å². The van der Waals surface area contributed by atoms with E-state index in [-0.39, 0.29) is 67.3 Å². The second-order valence-electron chi connectivity index (χ2n) is 10.4. The number of likely N-dealkylation sites (tertiary alicyclic amines) is 1. The fourth-order valence-corrected chi connectivity index (χ4v) is 6.30. The van der Waals surface area contributed by atoms with Gasteiger partial charge in [0.05, 0.1) is 23.6 Å². The molecule has 2 aliphatic rings. The molecule has 0 radical (unpaired) electrons. The summed E-state index contributed by atoms with van der Waals surface area (Å²) in [5.74, 6) is -3.99. The van der Waals surface area contributed by atoms with Gasteiger partial charge in [-0.1, -0.05) is 12.1 Å². The van der Waals surface area contributed by atoms with E-state index in [1.165, 1.54) is 6.07 Å². The summed E-state index contributed by atoms with van der Waals surface area (Å²) in [5.41, 5.74) is 0.598. The summed E-state index contributed by atoms with van der Waals surface area (Å²) in [4.78, 5) is 46.2. The fourth-order valence-electron chi connectivity index (χ4n) is 5.12. The number of nitrogens with one attached hydrogen (secondary N) is 1. The molecule has 0 aliphatic carbocycles. The predicted molar refractivity (Wildman–Crippen MR) is 149 cm³/mol. The maximum atomic E-state index is 13.9. The summed E-state index contributed by atoms with van der Waals surface area (Å²) in [6, 6.07) is 6.13. The number of aromatic nitrogens is 1. The zero-order chi connectivity index (χ0) is 30.4. The Labute approximate surface area is 243 Å². The highest BCUT2D eigenvalue weighted by Gasteiger charge is 2.31. The zero-order valence-corrected chi connectivity index (χ0v) is 23.8. The van der Waals surface area contributed by atoms with Crippen molar-refractivity contribution in [2.45, 2.75) is 50.8 Å². The number of nitriles is 1. The van der Waals surface area contributed by atoms with Gasteiger partial charge in [0, 0.05) is 55.6 Å². The maximum absolute atomic E-state index is 13.9. The van der Waals surface area contributed by atoms with Crippen molar-refractivity contribution >= 4 is 33.4 Å². The molecule has 1 aromatic heterocycles. The summed E-state index contributed by atoms with van der Waals surface area (Å²) >= 11 is 0. The molecule has 2 amide bonds. The number of hydrogen-bond donors (Lipinski definition) is 1. The van der Waals surface area contributed by atoms with Crippen LogP contribution in [0.15, 0.2) is 36.9 Å². The monoisotopic (exact) mass is 599 g/mol. The number of amides is 2. The van der Waals surface area contributed by atoms with Crippen LogP contribution in [0.4, 0.5) is 14.6 Å². The van der Waals surface area contributed by atoms with Crippen molar-refractivity contribution in [2.24, 2.45) is 5.92 Å². The molecule has 1 N–H and O–H groups in total. The molecule has 10 nitrogen and oxygen atoms in total. The number of halogens is 2. The Morgan fingerprint density at radius 1 is 1.19 bits per heavy atom. The second-order valence-corrected chi connectivity index (χ2v) is 12.1. The van der Waals surface area contributed by atoms with Gasteiger partial charge in [0.1, 0.15) is 23.5 Å². The van der Waals surface area contributed by atoms with Crippen molar-refractivity contribution in [1.29, 1.82) is 5.26 Å². The lowest BCUT2D eigenvalue weighted by atomic mass is 9.95. The van der Waals surface area contributed by atoms with Crippen molar-refractivity contribution < 1.29 is 31.6 Å². The van der Waals surface area contributed by atoms with E-state index in [0.29, 0.717) is 43.4 Å². The molecule has 42 heavy (non-hydrogen) atoms. The number of hydrogen-bond acceptors (Lipinski definition) is 8. The zero-order valence-electron chi connectivity index (χ0n) is 22.9. The highest BCUT2D eigenvalue weighted by atomic mass is 32.2. The first-order valence-corrected chi connectivity index (χ1v) is 15.3. The minimum Gasteiger partial charge on any atom is -0.355 e. The Morgan fingerprint density at radius 3 is 2.55 bits per heavy atom. The molecule has 2 saturated heterocycles. The van der Waals surface area contributed by atoms with Gasteiger partial charge >= 0.3 is 0 Å². The molecule has 0 spiro atoms. The number of piperidine rings is 1. The molecule has 0 atom stereocenters. The molecule has 222 valence electrons. The maximum Gasteiger partial charge on any atom is 0.239 e. The van der Waals surface area contributed by atoms with Gasteiger partial charge in [0.25, 0.3) is 0 Å². The van der Waals surface area contributed by atoms with Gasteiger partial charge in [0.2, 0.25) is 21.8 Å². The van der Waals surface area contributed by atoms with Crippen LogP contribution in [-0.4, -0.2) is 55.5 Å². The second kappa shape index (κ2) is 13.2. The predicted octanol–water partition coefficient (Wildman–Crippen LogP) is 3.37. The average Bonchev–Trinajstić information content (AvgIpc) is 3.36. The van der Waals surface area contributed by atoms with Gasteiger partial charge in [-0.2, -0.15) is 5.26 Å². The van der Waals surface area contributed by atoms with Crippen LogP contribution in [0.5, 0.6) is 0 Å². The minimum atomic E-state index is -4.24. The van der Waals surface area contributed by atoms with Crippen LogP contribution >= 0.6 is 0 Å². The van der Waals surface area contributed by atoms with Gasteiger partial charge in [-0.25, -0.2) is 22.2 Å². The van der Waals surface area contributed by atoms with Crippen molar-refractivity contribution in [3.63, 3.8) is 0 Å². The molecular formula is C29H31F2N5O5S.